The van der Waals surface area contributed by atoms with E-state index in [9.17, 15) is 14.0 Å². The molecule has 0 saturated carbocycles. The van der Waals surface area contributed by atoms with Gasteiger partial charge in [0.15, 0.2) is 0 Å². The molecule has 1 aromatic rings. The third-order valence-corrected chi connectivity index (χ3v) is 2.53. The number of benzene rings is 1. The number of likely N-dealkylation sites (N-methyl/N-ethyl adjacent to an activating group) is 1. The number of nitrogens with two attached hydrogens (primary N) is 1. The third kappa shape index (κ3) is 4.22. The zero-order valence-corrected chi connectivity index (χ0v) is 12.2. The summed E-state index contributed by atoms with van der Waals surface area (Å²) in [4.78, 5) is 25.1. The van der Waals surface area contributed by atoms with E-state index in [-0.39, 0.29) is 29.2 Å². The maximum absolute atomic E-state index is 13.3. The molecule has 0 aliphatic heterocycles. The molecule has 0 aliphatic carbocycles. The molecule has 0 radical (unpaired) electrons. The number of rotatable bonds is 3. The van der Waals surface area contributed by atoms with Gasteiger partial charge in [0.1, 0.15) is 5.82 Å². The van der Waals surface area contributed by atoms with Crippen molar-refractivity contribution in [2.24, 2.45) is 0 Å². The van der Waals surface area contributed by atoms with E-state index in [1.807, 2.05) is 20.8 Å². The smallest absolute Gasteiger partial charge is 0.256 e. The van der Waals surface area contributed by atoms with E-state index in [1.54, 1.807) is 0 Å². The summed E-state index contributed by atoms with van der Waals surface area (Å²) < 4.78 is 13.3. The Hall–Kier alpha value is -2.11. The molecule has 0 aliphatic rings. The highest BCUT2D eigenvalue weighted by Crippen LogP contribution is 2.17. The van der Waals surface area contributed by atoms with E-state index in [2.05, 4.69) is 5.32 Å². The first-order valence-electron chi connectivity index (χ1n) is 6.22. The van der Waals surface area contributed by atoms with Gasteiger partial charge in [-0.15, -0.1) is 0 Å². The van der Waals surface area contributed by atoms with Gasteiger partial charge >= 0.3 is 0 Å². The Morgan fingerprint density at radius 1 is 1.35 bits per heavy atom. The van der Waals surface area contributed by atoms with Crippen molar-refractivity contribution in [3.8, 4) is 0 Å². The van der Waals surface area contributed by atoms with Gasteiger partial charge < -0.3 is 16.0 Å². The Morgan fingerprint density at radius 2 is 1.95 bits per heavy atom. The highest BCUT2D eigenvalue weighted by atomic mass is 19.1. The lowest BCUT2D eigenvalue weighted by atomic mass is 10.1. The molecule has 20 heavy (non-hydrogen) atoms. The molecule has 6 heteroatoms. The second-order valence-corrected chi connectivity index (χ2v) is 5.66. The van der Waals surface area contributed by atoms with Crippen LogP contribution in [0.3, 0.4) is 0 Å². The number of nitrogens with one attached hydrogen (secondary N) is 1. The molecule has 1 rings (SSSR count). The largest absolute Gasteiger partial charge is 0.396 e. The number of hydrogen-bond donors (Lipinski definition) is 2. The molecule has 0 fully saturated rings. The van der Waals surface area contributed by atoms with Crippen LogP contribution >= 0.6 is 0 Å². The number of para-hydroxylation sites is 1. The van der Waals surface area contributed by atoms with Gasteiger partial charge in [0.05, 0.1) is 17.8 Å². The first kappa shape index (κ1) is 15.9. The molecule has 0 atom stereocenters. The summed E-state index contributed by atoms with van der Waals surface area (Å²) in [5, 5.41) is 2.74. The number of carbonyl (C=O) groups is 2. The van der Waals surface area contributed by atoms with Crippen molar-refractivity contribution in [2.75, 3.05) is 19.3 Å². The lowest BCUT2D eigenvalue weighted by molar-refractivity contribution is -0.122. The van der Waals surface area contributed by atoms with Crippen LogP contribution in [0.4, 0.5) is 10.1 Å². The Labute approximate surface area is 117 Å². The second-order valence-electron chi connectivity index (χ2n) is 5.66. The SMILES string of the molecule is CN(CC(=O)NC(C)(C)C)C(=O)c1cccc(F)c1N. The summed E-state index contributed by atoms with van der Waals surface area (Å²) in [6, 6.07) is 4.01. The van der Waals surface area contributed by atoms with Crippen LogP contribution in [0, 0.1) is 5.82 Å². The molecule has 0 heterocycles. The summed E-state index contributed by atoms with van der Waals surface area (Å²) in [5.74, 6) is -1.43. The van der Waals surface area contributed by atoms with Gasteiger partial charge in [-0.3, -0.25) is 9.59 Å². The number of carbonyl (C=O) groups excluding carboxylic acids is 2. The zero-order chi connectivity index (χ0) is 15.5. The molecule has 0 saturated heterocycles. The highest BCUT2D eigenvalue weighted by Gasteiger charge is 2.20. The molecule has 2 amide bonds. The Kier molecular flexibility index (Phi) is 4.70. The molecule has 3 N–H and O–H groups in total. The summed E-state index contributed by atoms with van der Waals surface area (Å²) in [7, 11) is 1.47. The van der Waals surface area contributed by atoms with Crippen LogP contribution < -0.4 is 11.1 Å². The molecule has 0 aromatic heterocycles. The number of nitrogens with zero attached hydrogens (tertiary/aromatic N) is 1. The monoisotopic (exact) mass is 281 g/mol. The van der Waals surface area contributed by atoms with Crippen molar-refractivity contribution in [3.05, 3.63) is 29.6 Å². The van der Waals surface area contributed by atoms with Crippen LogP contribution in [0.5, 0.6) is 0 Å². The molecule has 0 spiro atoms. The average molecular weight is 281 g/mol. The fourth-order valence-electron chi connectivity index (χ4n) is 1.67. The van der Waals surface area contributed by atoms with Gasteiger partial charge in [0.25, 0.3) is 5.91 Å². The molecular formula is C14H20FN3O2. The maximum atomic E-state index is 13.3. The molecular weight excluding hydrogens is 261 g/mol. The predicted octanol–water partition coefficient (Wildman–Crippen LogP) is 1.39. The van der Waals surface area contributed by atoms with Gasteiger partial charge in [-0.2, -0.15) is 0 Å². The standard InChI is InChI=1S/C14H20FN3O2/c1-14(2,3)17-11(19)8-18(4)13(20)9-6-5-7-10(15)12(9)16/h5-7H,8,16H2,1-4H3,(H,17,19). The summed E-state index contributed by atoms with van der Waals surface area (Å²) in [6.07, 6.45) is 0. The first-order chi connectivity index (χ1) is 9.11. The molecule has 5 nitrogen and oxygen atoms in total. The summed E-state index contributed by atoms with van der Waals surface area (Å²) in [6.45, 7) is 5.41. The summed E-state index contributed by atoms with van der Waals surface area (Å²) in [5.41, 5.74) is 5.00. The quantitative estimate of drug-likeness (QED) is 0.822. The molecule has 110 valence electrons. The minimum absolute atomic E-state index is 0.0519. The summed E-state index contributed by atoms with van der Waals surface area (Å²) >= 11 is 0. The van der Waals surface area contributed by atoms with E-state index >= 15 is 0 Å². The number of anilines is 1. The van der Waals surface area contributed by atoms with Crippen molar-refractivity contribution >= 4 is 17.5 Å². The minimum Gasteiger partial charge on any atom is -0.396 e. The average Bonchev–Trinajstić information content (AvgIpc) is 2.29. The van der Waals surface area contributed by atoms with Crippen molar-refractivity contribution in [1.29, 1.82) is 0 Å². The fraction of sp³-hybridized carbons (Fsp3) is 0.429. The van der Waals surface area contributed by atoms with Crippen LogP contribution in [0.2, 0.25) is 0 Å². The fourth-order valence-corrected chi connectivity index (χ4v) is 1.67. The van der Waals surface area contributed by atoms with E-state index in [0.717, 1.165) is 0 Å². The molecule has 0 bridgehead atoms. The van der Waals surface area contributed by atoms with Crippen LogP contribution in [-0.4, -0.2) is 35.8 Å². The van der Waals surface area contributed by atoms with Gasteiger partial charge in [0.2, 0.25) is 5.91 Å². The van der Waals surface area contributed by atoms with E-state index in [0.29, 0.717) is 0 Å². The van der Waals surface area contributed by atoms with E-state index in [4.69, 9.17) is 5.73 Å². The highest BCUT2D eigenvalue weighted by molar-refractivity contribution is 6.00. The van der Waals surface area contributed by atoms with Gasteiger partial charge in [0, 0.05) is 12.6 Å². The van der Waals surface area contributed by atoms with E-state index < -0.39 is 11.7 Å². The molecule has 1 aromatic carbocycles. The second kappa shape index (κ2) is 5.90. The maximum Gasteiger partial charge on any atom is 0.256 e. The Morgan fingerprint density at radius 3 is 2.50 bits per heavy atom. The Bertz CT molecular complexity index is 524. The van der Waals surface area contributed by atoms with Crippen LogP contribution in [0.25, 0.3) is 0 Å². The van der Waals surface area contributed by atoms with E-state index in [1.165, 1.54) is 30.1 Å². The molecule has 0 unspecified atom stereocenters. The number of hydrogen-bond acceptors (Lipinski definition) is 3. The van der Waals surface area contributed by atoms with Crippen LogP contribution in [-0.2, 0) is 4.79 Å². The van der Waals surface area contributed by atoms with Gasteiger partial charge in [-0.25, -0.2) is 4.39 Å². The van der Waals surface area contributed by atoms with Crippen molar-refractivity contribution in [2.45, 2.75) is 26.3 Å². The van der Waals surface area contributed by atoms with Crippen LogP contribution in [0.1, 0.15) is 31.1 Å². The number of nitrogen functional groups attached to an aromatic ring is 1. The van der Waals surface area contributed by atoms with Crippen LogP contribution in [0.15, 0.2) is 18.2 Å². The first-order valence-corrected chi connectivity index (χ1v) is 6.22. The zero-order valence-electron chi connectivity index (χ0n) is 12.2. The normalized spacial score (nSPS) is 11.1. The lowest BCUT2D eigenvalue weighted by Gasteiger charge is -2.23. The van der Waals surface area contributed by atoms with Gasteiger partial charge in [-0.05, 0) is 32.9 Å². The number of halogens is 1. The number of amides is 2. The van der Waals surface area contributed by atoms with Gasteiger partial charge in [-0.1, -0.05) is 6.07 Å². The van der Waals surface area contributed by atoms with Crippen molar-refractivity contribution in [3.63, 3.8) is 0 Å². The lowest BCUT2D eigenvalue weighted by Crippen LogP contribution is -2.46. The van der Waals surface area contributed by atoms with Crippen molar-refractivity contribution in [1.82, 2.24) is 10.2 Å². The minimum atomic E-state index is -0.650. The Balaban J connectivity index is 2.77. The third-order valence-electron chi connectivity index (χ3n) is 2.53. The predicted molar refractivity (Wildman–Crippen MR) is 75.7 cm³/mol. The topological polar surface area (TPSA) is 75.4 Å². The van der Waals surface area contributed by atoms with Crippen molar-refractivity contribution < 1.29 is 14.0 Å².